The number of fused-ring (bicyclic) bond motifs is 1. The van der Waals surface area contributed by atoms with Crippen LogP contribution >= 0.6 is 11.6 Å². The Morgan fingerprint density at radius 3 is 2.51 bits per heavy atom. The van der Waals surface area contributed by atoms with Crippen molar-refractivity contribution in [1.29, 1.82) is 0 Å². The number of nitrogens with zero attached hydrogens (tertiary/aromatic N) is 4. The zero-order valence-electron chi connectivity index (χ0n) is 23.8. The fourth-order valence-corrected chi connectivity index (χ4v) is 4.57. The van der Waals surface area contributed by atoms with Crippen LogP contribution in [-0.4, -0.2) is 59.0 Å². The molecule has 43 heavy (non-hydrogen) atoms. The molecule has 2 amide bonds. The van der Waals surface area contributed by atoms with Gasteiger partial charge in [-0.25, -0.2) is 4.98 Å². The molecule has 5 aromatic rings. The molecule has 0 saturated heterocycles. The maximum Gasteiger partial charge on any atom is 0.255 e. The van der Waals surface area contributed by atoms with Gasteiger partial charge in [-0.05, 0) is 68.7 Å². The number of benzene rings is 3. The molecule has 0 radical (unpaired) electrons. The molecule has 10 nitrogen and oxygen atoms in total. The second kappa shape index (κ2) is 13.2. The van der Waals surface area contributed by atoms with E-state index >= 15 is 0 Å². The zero-order chi connectivity index (χ0) is 30.3. The molecule has 0 unspecified atom stereocenters. The molecular weight excluding hydrogens is 566 g/mol. The van der Waals surface area contributed by atoms with Crippen molar-refractivity contribution in [2.24, 2.45) is 0 Å². The third-order valence-corrected chi connectivity index (χ3v) is 6.64. The van der Waals surface area contributed by atoms with Crippen molar-refractivity contribution in [3.05, 3.63) is 108 Å². The maximum atomic E-state index is 13.0. The Morgan fingerprint density at radius 2 is 1.72 bits per heavy atom. The summed E-state index contributed by atoms with van der Waals surface area (Å²) in [6.07, 6.45) is 6.65. The lowest BCUT2D eigenvalue weighted by molar-refractivity contribution is -0.111. The third-order valence-electron chi connectivity index (χ3n) is 6.38. The molecule has 0 aliphatic carbocycles. The Balaban J connectivity index is 1.29. The van der Waals surface area contributed by atoms with E-state index < -0.39 is 0 Å². The molecule has 3 N–H and O–H groups in total. The number of hydrogen-bond acceptors (Lipinski definition) is 7. The minimum atomic E-state index is -0.323. The third kappa shape index (κ3) is 7.18. The molecule has 0 spiro atoms. The van der Waals surface area contributed by atoms with E-state index in [1.165, 1.54) is 12.3 Å². The van der Waals surface area contributed by atoms with Crippen LogP contribution in [-0.2, 0) is 4.79 Å². The number of amides is 2. The Hall–Kier alpha value is -5.19. The van der Waals surface area contributed by atoms with Gasteiger partial charge in [0.25, 0.3) is 5.91 Å². The normalized spacial score (nSPS) is 11.2. The average Bonchev–Trinajstić information content (AvgIpc) is 3.42. The summed E-state index contributed by atoms with van der Waals surface area (Å²) < 4.78 is 7.35. The van der Waals surface area contributed by atoms with E-state index in [-0.39, 0.29) is 11.8 Å². The predicted molar refractivity (Wildman–Crippen MR) is 171 cm³/mol. The molecule has 0 fully saturated rings. The van der Waals surface area contributed by atoms with Crippen LogP contribution in [0.2, 0.25) is 5.02 Å². The molecule has 0 saturated carbocycles. The minimum Gasteiger partial charge on any atom is -0.496 e. The van der Waals surface area contributed by atoms with E-state index in [2.05, 4.69) is 25.9 Å². The van der Waals surface area contributed by atoms with Gasteiger partial charge in [0.2, 0.25) is 11.9 Å². The van der Waals surface area contributed by atoms with E-state index in [0.29, 0.717) is 46.0 Å². The molecule has 0 atom stereocenters. The van der Waals surface area contributed by atoms with Crippen LogP contribution in [0.1, 0.15) is 10.4 Å². The van der Waals surface area contributed by atoms with E-state index in [0.717, 1.165) is 16.7 Å². The van der Waals surface area contributed by atoms with E-state index in [1.54, 1.807) is 55.7 Å². The maximum absolute atomic E-state index is 13.0. The van der Waals surface area contributed by atoms with Gasteiger partial charge in [-0.15, -0.1) is 0 Å². The summed E-state index contributed by atoms with van der Waals surface area (Å²) in [5.74, 6) is 0.998. The topological polar surface area (TPSA) is 113 Å². The van der Waals surface area contributed by atoms with E-state index in [9.17, 15) is 9.59 Å². The summed E-state index contributed by atoms with van der Waals surface area (Å²) in [5.41, 5.74) is 3.03. The van der Waals surface area contributed by atoms with Crippen LogP contribution in [0.25, 0.3) is 16.7 Å². The average molecular weight is 596 g/mol. The lowest BCUT2D eigenvalue weighted by Crippen LogP contribution is -2.14. The number of carbonyl (C=O) groups excluding carboxylic acids is 2. The quantitative estimate of drug-likeness (QED) is 0.166. The highest BCUT2D eigenvalue weighted by atomic mass is 35.5. The number of rotatable bonds is 10. The molecule has 2 aromatic heterocycles. The molecule has 0 bridgehead atoms. The number of halogens is 1. The fourth-order valence-electron chi connectivity index (χ4n) is 4.39. The first-order valence-electron chi connectivity index (χ1n) is 13.4. The number of carbonyl (C=O) groups is 2. The van der Waals surface area contributed by atoms with Crippen LogP contribution in [0, 0.1) is 0 Å². The van der Waals surface area contributed by atoms with Crippen molar-refractivity contribution in [3.63, 3.8) is 0 Å². The van der Waals surface area contributed by atoms with Crippen LogP contribution in [0.4, 0.5) is 23.0 Å². The van der Waals surface area contributed by atoms with Gasteiger partial charge in [0.05, 0.1) is 18.8 Å². The lowest BCUT2D eigenvalue weighted by atomic mass is 10.1. The molecule has 0 aliphatic heterocycles. The number of likely N-dealkylation sites (N-methyl/N-ethyl adjacent to an activating group) is 1. The summed E-state index contributed by atoms with van der Waals surface area (Å²) in [5, 5.41) is 10.2. The van der Waals surface area contributed by atoms with Gasteiger partial charge in [0, 0.05) is 46.8 Å². The highest BCUT2D eigenvalue weighted by molar-refractivity contribution is 6.32. The summed E-state index contributed by atoms with van der Waals surface area (Å²) in [4.78, 5) is 36.2. The molecule has 11 heteroatoms. The SMILES string of the molecule is COc1cccc2c1ccn2-c1nc(Nc2cccc(NC(=O)c3cccc(NC(=O)C=CCN(C)C)c3)c2)ncc1Cl. The molecular formula is C32H30ClN7O3. The van der Waals surface area contributed by atoms with Crippen molar-refractivity contribution in [2.75, 3.05) is 43.7 Å². The van der Waals surface area contributed by atoms with Crippen LogP contribution in [0.5, 0.6) is 5.75 Å². The number of ether oxygens (including phenoxy) is 1. The highest BCUT2D eigenvalue weighted by Crippen LogP contribution is 2.30. The van der Waals surface area contributed by atoms with Crippen molar-refractivity contribution < 1.29 is 14.3 Å². The number of aromatic nitrogens is 3. The van der Waals surface area contributed by atoms with Crippen LogP contribution in [0.3, 0.4) is 0 Å². The van der Waals surface area contributed by atoms with Gasteiger partial charge in [-0.3, -0.25) is 14.2 Å². The first kappa shape index (κ1) is 29.3. The van der Waals surface area contributed by atoms with Crippen molar-refractivity contribution in [1.82, 2.24) is 19.4 Å². The molecule has 218 valence electrons. The number of nitrogens with one attached hydrogen (secondary N) is 3. The smallest absolute Gasteiger partial charge is 0.255 e. The van der Waals surface area contributed by atoms with Gasteiger partial charge in [0.15, 0.2) is 5.82 Å². The molecule has 3 aromatic carbocycles. The van der Waals surface area contributed by atoms with Gasteiger partial charge >= 0.3 is 0 Å². The standard InChI is InChI=1S/C32H30ClN7O3/c1-39(2)16-7-14-29(41)35-22-9-4-8-21(18-22)31(42)36-23-10-5-11-24(19-23)37-32-34-20-26(33)30(38-32)40-17-15-25-27(40)12-6-13-28(25)43-3/h4-15,17-20H,16H2,1-3H3,(H,35,41)(H,36,42)(H,34,37,38). The monoisotopic (exact) mass is 595 g/mol. The number of anilines is 4. The van der Waals surface area contributed by atoms with Gasteiger partial charge in [-0.2, -0.15) is 4.98 Å². The molecule has 2 heterocycles. The summed E-state index contributed by atoms with van der Waals surface area (Å²) in [7, 11) is 5.47. The van der Waals surface area contributed by atoms with Gasteiger partial charge in [-0.1, -0.05) is 35.9 Å². The molecule has 0 aliphatic rings. The van der Waals surface area contributed by atoms with Crippen LogP contribution < -0.4 is 20.7 Å². The summed E-state index contributed by atoms with van der Waals surface area (Å²) in [6, 6.07) is 21.6. The molecule has 5 rings (SSSR count). The van der Waals surface area contributed by atoms with Gasteiger partial charge < -0.3 is 25.6 Å². The summed E-state index contributed by atoms with van der Waals surface area (Å²) in [6.45, 7) is 0.648. The largest absolute Gasteiger partial charge is 0.496 e. The predicted octanol–water partition coefficient (Wildman–Crippen LogP) is 6.13. The van der Waals surface area contributed by atoms with Gasteiger partial charge in [0.1, 0.15) is 10.8 Å². The second-order valence-corrected chi connectivity index (χ2v) is 10.2. The first-order chi connectivity index (χ1) is 20.8. The minimum absolute atomic E-state index is 0.268. The number of methoxy groups -OCH3 is 1. The van der Waals surface area contributed by atoms with E-state index in [4.69, 9.17) is 16.3 Å². The van der Waals surface area contributed by atoms with Crippen molar-refractivity contribution in [2.45, 2.75) is 0 Å². The number of hydrogen-bond donors (Lipinski definition) is 3. The second-order valence-electron chi connectivity index (χ2n) is 9.84. The fraction of sp³-hybridized carbons (Fsp3) is 0.125. The Labute approximate surface area is 254 Å². The Bertz CT molecular complexity index is 1820. The summed E-state index contributed by atoms with van der Waals surface area (Å²) >= 11 is 6.50. The van der Waals surface area contributed by atoms with E-state index in [1.807, 2.05) is 60.1 Å². The van der Waals surface area contributed by atoms with Crippen LogP contribution in [0.15, 0.2) is 97.3 Å². The highest BCUT2D eigenvalue weighted by Gasteiger charge is 2.14. The zero-order valence-corrected chi connectivity index (χ0v) is 24.6. The van der Waals surface area contributed by atoms with Crippen molar-refractivity contribution >= 4 is 57.3 Å². The lowest BCUT2D eigenvalue weighted by Gasteiger charge is -2.12. The van der Waals surface area contributed by atoms with Crippen molar-refractivity contribution in [3.8, 4) is 11.6 Å². The first-order valence-corrected chi connectivity index (χ1v) is 13.8. The Kier molecular flexibility index (Phi) is 8.99. The Morgan fingerprint density at radius 1 is 0.977 bits per heavy atom.